The van der Waals surface area contributed by atoms with Crippen LogP contribution in [-0.2, 0) is 32.5 Å². The first kappa shape index (κ1) is 36.1. The number of aromatic nitrogens is 2. The number of anilines is 2. The lowest BCUT2D eigenvalue weighted by molar-refractivity contribution is -0.112. The number of fused-ring (bicyclic) bond motifs is 1. The number of imidazole rings is 1. The maximum absolute atomic E-state index is 13.6. The van der Waals surface area contributed by atoms with Gasteiger partial charge in [-0.05, 0) is 103 Å². The molecule has 8 nitrogen and oxygen atoms in total. The highest BCUT2D eigenvalue weighted by Crippen LogP contribution is 2.33. The van der Waals surface area contributed by atoms with Crippen LogP contribution in [0.25, 0.3) is 17.2 Å². The second-order valence-electron chi connectivity index (χ2n) is 12.4. The Balaban J connectivity index is 1.27. The molecular weight excluding hydrogens is 633 g/mol. The zero-order valence-corrected chi connectivity index (χ0v) is 30.0. The van der Waals surface area contributed by atoms with Gasteiger partial charge in [0.15, 0.2) is 0 Å². The van der Waals surface area contributed by atoms with Crippen LogP contribution < -0.4 is 15.0 Å². The Bertz CT molecular complexity index is 1700. The predicted octanol–water partition coefficient (Wildman–Crippen LogP) is 8.56. The van der Waals surface area contributed by atoms with Crippen molar-refractivity contribution in [2.24, 2.45) is 0 Å². The Kier molecular flexibility index (Phi) is 13.6. The number of nitrogens with zero attached hydrogens (tertiary/aromatic N) is 2. The molecule has 1 aliphatic heterocycles. The Morgan fingerprint density at radius 1 is 0.939 bits per heavy atom. The molecule has 0 saturated carbocycles. The van der Waals surface area contributed by atoms with Gasteiger partial charge < -0.3 is 24.7 Å². The summed E-state index contributed by atoms with van der Waals surface area (Å²) in [4.78, 5) is 24.4. The first-order valence-electron chi connectivity index (χ1n) is 17.7. The van der Waals surface area contributed by atoms with Crippen LogP contribution in [-0.4, -0.2) is 53.0 Å². The maximum atomic E-state index is 13.6. The van der Waals surface area contributed by atoms with Gasteiger partial charge in [-0.2, -0.15) is 0 Å². The summed E-state index contributed by atoms with van der Waals surface area (Å²) in [6.45, 7) is 10.2. The number of carbonyl (C=O) groups excluding carboxylic acids is 1. The van der Waals surface area contributed by atoms with Gasteiger partial charge in [0.05, 0.1) is 23.2 Å². The van der Waals surface area contributed by atoms with E-state index in [1.54, 1.807) is 6.20 Å². The quantitative estimate of drug-likeness (QED) is 0.108. The molecule has 0 fully saturated rings. The molecule has 49 heavy (non-hydrogen) atoms. The van der Waals surface area contributed by atoms with E-state index in [2.05, 4.69) is 71.3 Å². The van der Waals surface area contributed by atoms with Crippen LogP contribution in [0.1, 0.15) is 76.4 Å². The Morgan fingerprint density at radius 3 is 2.49 bits per heavy atom. The van der Waals surface area contributed by atoms with Crippen molar-refractivity contribution in [1.29, 1.82) is 0 Å². The second-order valence-corrected chi connectivity index (χ2v) is 13.9. The van der Waals surface area contributed by atoms with Crippen molar-refractivity contribution in [2.45, 2.75) is 76.4 Å². The third-order valence-electron chi connectivity index (χ3n) is 8.51. The lowest BCUT2D eigenvalue weighted by atomic mass is 9.96. The zero-order chi connectivity index (χ0) is 34.4. The Morgan fingerprint density at radius 2 is 1.73 bits per heavy atom. The van der Waals surface area contributed by atoms with Crippen LogP contribution in [0.15, 0.2) is 83.4 Å². The van der Waals surface area contributed by atoms with E-state index in [-0.39, 0.29) is 5.91 Å². The number of nitrogens with one attached hydrogen (secondary N) is 2. The van der Waals surface area contributed by atoms with E-state index in [0.29, 0.717) is 36.0 Å². The van der Waals surface area contributed by atoms with Crippen LogP contribution in [0.3, 0.4) is 0 Å². The van der Waals surface area contributed by atoms with E-state index in [0.717, 1.165) is 103 Å². The minimum atomic E-state index is -1.22. The number of hydrogen-bond acceptors (Lipinski definition) is 6. The van der Waals surface area contributed by atoms with Gasteiger partial charge in [0.1, 0.15) is 18.2 Å². The smallest absolute Gasteiger partial charge is 0.251 e. The molecule has 0 bridgehead atoms. The monoisotopic (exact) mass is 682 g/mol. The van der Waals surface area contributed by atoms with Crippen LogP contribution in [0, 0.1) is 0 Å². The Labute approximate surface area is 293 Å². The third-order valence-corrected chi connectivity index (χ3v) is 9.88. The molecule has 2 heterocycles. The van der Waals surface area contributed by atoms with Gasteiger partial charge in [-0.15, -0.1) is 0 Å². The maximum Gasteiger partial charge on any atom is 0.251 e. The van der Waals surface area contributed by atoms with Crippen molar-refractivity contribution in [3.63, 3.8) is 0 Å². The Hall–Kier alpha value is -4.21. The van der Waals surface area contributed by atoms with Gasteiger partial charge >= 0.3 is 0 Å². The highest BCUT2D eigenvalue weighted by atomic mass is 32.2. The molecule has 0 spiro atoms. The summed E-state index contributed by atoms with van der Waals surface area (Å²) in [5.74, 6) is 2.00. The molecule has 260 valence electrons. The van der Waals surface area contributed by atoms with E-state index in [1.165, 1.54) is 0 Å². The van der Waals surface area contributed by atoms with E-state index in [1.807, 2.05) is 42.5 Å². The van der Waals surface area contributed by atoms with Crippen LogP contribution in [0.4, 0.5) is 11.4 Å². The predicted molar refractivity (Wildman–Crippen MR) is 201 cm³/mol. The molecule has 9 heteroatoms. The molecule has 3 aromatic carbocycles. The van der Waals surface area contributed by atoms with E-state index in [9.17, 15) is 9.00 Å². The molecule has 1 aliphatic rings. The van der Waals surface area contributed by atoms with Crippen LogP contribution in [0.2, 0.25) is 0 Å². The number of unbranched alkanes of at least 4 members (excludes halogenated alkanes) is 1. The minimum Gasteiger partial charge on any atom is -0.491 e. The van der Waals surface area contributed by atoms with E-state index >= 15 is 0 Å². The van der Waals surface area contributed by atoms with Crippen LogP contribution >= 0.6 is 0 Å². The van der Waals surface area contributed by atoms with Gasteiger partial charge in [-0.1, -0.05) is 45.4 Å². The van der Waals surface area contributed by atoms with Crippen molar-refractivity contribution >= 4 is 34.2 Å². The van der Waals surface area contributed by atoms with Crippen molar-refractivity contribution in [3.8, 4) is 16.9 Å². The van der Waals surface area contributed by atoms with E-state index in [4.69, 9.17) is 9.47 Å². The molecular formula is C40H50N4O4S. The normalized spacial score (nSPS) is 14.7. The highest BCUT2D eigenvalue weighted by Gasteiger charge is 2.19. The molecule has 1 aromatic heterocycles. The number of rotatable bonds is 17. The molecule has 5 rings (SSSR count). The van der Waals surface area contributed by atoms with Gasteiger partial charge in [-0.25, -0.2) is 4.98 Å². The summed E-state index contributed by atoms with van der Waals surface area (Å²) in [7, 11) is -1.22. The van der Waals surface area contributed by atoms with Crippen molar-refractivity contribution < 1.29 is 18.5 Å². The topological polar surface area (TPSA) is 96.5 Å². The van der Waals surface area contributed by atoms with Gasteiger partial charge in [0.25, 0.3) is 5.91 Å². The first-order chi connectivity index (χ1) is 24.0. The number of hydrogen-bond donors (Lipinski definition) is 2. The van der Waals surface area contributed by atoms with E-state index < -0.39 is 10.8 Å². The summed E-state index contributed by atoms with van der Waals surface area (Å²) in [6, 6.07) is 22.0. The summed E-state index contributed by atoms with van der Waals surface area (Å²) in [5, 5.41) is 3.08. The molecule has 1 atom stereocenters. The third kappa shape index (κ3) is 10.4. The fourth-order valence-electron chi connectivity index (χ4n) is 5.94. The number of aromatic amines is 1. The summed E-state index contributed by atoms with van der Waals surface area (Å²) in [6.07, 6.45) is 10.5. The largest absolute Gasteiger partial charge is 0.491 e. The number of H-pyrrole nitrogens is 1. The van der Waals surface area contributed by atoms with Gasteiger partial charge in [0.2, 0.25) is 0 Å². The fourth-order valence-corrected chi connectivity index (χ4v) is 6.97. The summed E-state index contributed by atoms with van der Waals surface area (Å²) < 4.78 is 24.5. The highest BCUT2D eigenvalue weighted by molar-refractivity contribution is 7.84. The lowest BCUT2D eigenvalue weighted by Crippen LogP contribution is -2.28. The first-order valence-corrected chi connectivity index (χ1v) is 19.0. The molecule has 1 amide bonds. The van der Waals surface area contributed by atoms with Crippen molar-refractivity contribution in [2.75, 3.05) is 43.1 Å². The number of carbonyl (C=O) groups is 1. The standard InChI is InChI=1S/C40H50N4O4S/c1-4-7-23-47-24-25-48-36-16-11-30(12-17-36)31-13-20-38-33(26-31)27-32(10-8-22-44(38)21-6-3)40(45)43-34-14-18-37(19-15-34)49(46)29-35-28-41-39(42-35)9-5-2/h11-20,26-28H,4-10,21-25,29H2,1-3H3,(H,41,42)(H,43,45)/b32-27+. The van der Waals surface area contributed by atoms with Gasteiger partial charge in [-0.3, -0.25) is 9.00 Å². The molecule has 2 N–H and O–H groups in total. The average molecular weight is 683 g/mol. The molecule has 0 radical (unpaired) electrons. The lowest BCUT2D eigenvalue weighted by Gasteiger charge is -2.29. The fraction of sp³-hybridized carbons (Fsp3) is 0.400. The molecule has 0 aliphatic carbocycles. The van der Waals surface area contributed by atoms with Gasteiger partial charge in [0, 0.05) is 59.9 Å². The number of amides is 1. The summed E-state index contributed by atoms with van der Waals surface area (Å²) in [5.41, 5.74) is 6.63. The van der Waals surface area contributed by atoms with Crippen molar-refractivity contribution in [3.05, 3.63) is 95.6 Å². The van der Waals surface area contributed by atoms with Crippen molar-refractivity contribution in [1.82, 2.24) is 9.97 Å². The minimum absolute atomic E-state index is 0.116. The number of aryl methyl sites for hydroxylation is 1. The van der Waals surface area contributed by atoms with Crippen LogP contribution in [0.5, 0.6) is 5.75 Å². The zero-order valence-electron chi connectivity index (χ0n) is 29.1. The average Bonchev–Trinajstić information content (AvgIpc) is 3.55. The molecule has 1 unspecified atom stereocenters. The number of benzene rings is 3. The molecule has 0 saturated heterocycles. The SMILES string of the molecule is CCCCOCCOc1ccc(-c2ccc3c(c2)/C=C(/C(=O)Nc2ccc(S(=O)Cc4cnc(CCC)[nH]4)cc2)CCCN3CCC)cc1. The number of ether oxygens (including phenoxy) is 2. The molecule has 4 aromatic rings. The second kappa shape index (κ2) is 18.5. The summed E-state index contributed by atoms with van der Waals surface area (Å²) >= 11 is 0.